The Kier molecular flexibility index (Phi) is 82.4. The average Bonchev–Trinajstić information content (AvgIpc) is 2.04. The third kappa shape index (κ3) is 50.8. The summed E-state index contributed by atoms with van der Waals surface area (Å²) in [5.41, 5.74) is 4.25. The van der Waals surface area contributed by atoms with Crippen molar-refractivity contribution in [3.63, 3.8) is 0 Å². The van der Waals surface area contributed by atoms with Gasteiger partial charge < -0.3 is 19.6 Å². The fourth-order valence-corrected chi connectivity index (χ4v) is 0.844. The van der Waals surface area contributed by atoms with Crippen molar-refractivity contribution in [2.45, 2.75) is 44.6 Å². The van der Waals surface area contributed by atoms with Crippen LogP contribution in [0, 0.1) is 14.2 Å². The molecule has 0 spiro atoms. The minimum atomic E-state index is -4.15. The zero-order valence-corrected chi connectivity index (χ0v) is 12.5. The zero-order chi connectivity index (χ0) is 11.1. The Hall–Kier alpha value is 1.13. The maximum absolute atomic E-state index is 10.6. The first-order valence-electron chi connectivity index (χ1n) is 3.37. The minimum Gasteiger partial charge on any atom is -0.758 e. The number of rotatable bonds is 4. The molecule has 0 rings (SSSR count). The van der Waals surface area contributed by atoms with Crippen LogP contribution in [-0.4, -0.2) is 32.4 Å². The summed E-state index contributed by atoms with van der Waals surface area (Å²) in [6.45, 7) is 0.0380. The van der Waals surface area contributed by atoms with Gasteiger partial charge in [0.2, 0.25) is 7.82 Å². The summed E-state index contributed by atoms with van der Waals surface area (Å²) >= 11 is 0. The van der Waals surface area contributed by atoms with E-state index in [1.165, 1.54) is 0 Å². The van der Waals surface area contributed by atoms with Gasteiger partial charge in [-0.15, -0.1) is 0 Å². The van der Waals surface area contributed by atoms with Gasteiger partial charge >= 0.3 is 0 Å². The largest absolute Gasteiger partial charge is 0.758 e. The number of hydrogen-bond donors (Lipinski definition) is 1. The van der Waals surface area contributed by atoms with Crippen molar-refractivity contribution >= 4 is 7.82 Å². The number of quaternary nitrogens is 1. The second kappa shape index (κ2) is 28.3. The van der Waals surface area contributed by atoms with Gasteiger partial charge in [0.05, 0.1) is 21.1 Å². The Balaban J connectivity index is -0.0000000183. The van der Waals surface area contributed by atoms with E-state index in [0.717, 1.165) is 0 Å². The van der Waals surface area contributed by atoms with Crippen molar-refractivity contribution in [1.82, 2.24) is 0 Å². The molecule has 1 atom stereocenters. The summed E-state index contributed by atoms with van der Waals surface area (Å²) in [7, 11) is 6.74. The van der Waals surface area contributed by atoms with Crippen molar-refractivity contribution in [2.24, 2.45) is 5.73 Å². The van der Waals surface area contributed by atoms with Crippen molar-refractivity contribution in [2.75, 3.05) is 27.9 Å². The van der Waals surface area contributed by atoms with E-state index in [1.807, 2.05) is 0 Å². The van der Waals surface area contributed by atoms with Crippen LogP contribution < -0.4 is 10.6 Å². The molecule has 0 aromatic rings. The van der Waals surface area contributed by atoms with E-state index in [1.54, 1.807) is 21.1 Å². The van der Waals surface area contributed by atoms with Crippen molar-refractivity contribution < 1.29 is 55.7 Å². The molecule has 0 saturated heterocycles. The van der Waals surface area contributed by atoms with Crippen LogP contribution >= 0.6 is 7.82 Å². The van der Waals surface area contributed by atoms with E-state index in [0.29, 0.717) is 4.48 Å². The Morgan fingerprint density at radius 1 is 1.05 bits per heavy atom. The van der Waals surface area contributed by atoms with Crippen molar-refractivity contribution in [3.05, 3.63) is 14.2 Å². The molecular weight excluding hydrogens is 356 g/mol. The molecule has 0 aliphatic rings. The van der Waals surface area contributed by atoms with Crippen LogP contribution in [0.25, 0.3) is 0 Å². The van der Waals surface area contributed by atoms with Gasteiger partial charge in [-0.3, -0.25) is 16.1 Å². The molecular formula is C12H41N2O4PY-2. The number of phosphoric ester groups is 1. The van der Waals surface area contributed by atoms with Crippen LogP contribution in [0.3, 0.4) is 0 Å². The standard InChI is InChI=1S/C5H14NO4P.CH4N.6CH4.Y/c1-6(2,3)5-10-11(7,8)9-4;1-2;;;;;;;/h4-5H2,1-3H3,(H,7,8);1-2H2;6*1H4;/q;-1;;;;;;;/p-1. The van der Waals surface area contributed by atoms with E-state index >= 15 is 0 Å². The zero-order valence-electron chi connectivity index (χ0n) is 8.80. The molecule has 0 aromatic heterocycles. The van der Waals surface area contributed by atoms with Crippen LogP contribution in [0.2, 0.25) is 0 Å². The Labute approximate surface area is 155 Å². The van der Waals surface area contributed by atoms with Gasteiger partial charge in [0, 0.05) is 32.7 Å². The van der Waals surface area contributed by atoms with Crippen molar-refractivity contribution in [1.29, 1.82) is 0 Å². The molecule has 0 saturated carbocycles. The molecule has 1 unspecified atom stereocenters. The Morgan fingerprint density at radius 3 is 1.45 bits per heavy atom. The number of nitrogens with zero attached hydrogens (tertiary/aromatic N) is 1. The summed E-state index contributed by atoms with van der Waals surface area (Å²) in [6.07, 6.45) is 0. The van der Waals surface area contributed by atoms with Crippen LogP contribution in [0.5, 0.6) is 0 Å². The van der Waals surface area contributed by atoms with Crippen LogP contribution in [0.4, 0.5) is 0 Å². The molecule has 20 heavy (non-hydrogen) atoms. The Morgan fingerprint density at radius 2 is 1.30 bits per heavy atom. The predicted molar refractivity (Wildman–Crippen MR) is 88.0 cm³/mol. The molecule has 0 aliphatic carbocycles. The quantitative estimate of drug-likeness (QED) is 0.340. The molecule has 8 heteroatoms. The molecule has 0 amide bonds. The first-order chi connectivity index (χ1) is 5.77. The summed E-state index contributed by atoms with van der Waals surface area (Å²) in [6, 6.07) is 0. The average molecular weight is 397 g/mol. The van der Waals surface area contributed by atoms with E-state index in [2.05, 4.69) is 28.9 Å². The summed E-state index contributed by atoms with van der Waals surface area (Å²) in [5, 5.41) is 0. The molecule has 133 valence electrons. The fourth-order valence-electron chi connectivity index (χ4n) is 0.281. The first-order valence-corrected chi connectivity index (χ1v) is 4.83. The van der Waals surface area contributed by atoms with Crippen LogP contribution in [0.15, 0.2) is 0 Å². The van der Waals surface area contributed by atoms with Gasteiger partial charge in [0.25, 0.3) is 0 Å². The topological polar surface area (TPSA) is 84.6 Å². The van der Waals surface area contributed by atoms with Gasteiger partial charge in [0.15, 0.2) is 6.73 Å². The van der Waals surface area contributed by atoms with Gasteiger partial charge in [-0.1, -0.05) is 44.6 Å². The van der Waals surface area contributed by atoms with Gasteiger partial charge in [-0.25, -0.2) is 7.11 Å². The molecule has 0 bridgehead atoms. The van der Waals surface area contributed by atoms with E-state index in [9.17, 15) is 9.46 Å². The maximum atomic E-state index is 10.6. The number of nitrogens with two attached hydrogens (primary N) is 1. The number of hydrogen-bond acceptors (Lipinski definition) is 5. The van der Waals surface area contributed by atoms with Gasteiger partial charge in [-0.2, -0.15) is 0 Å². The molecule has 6 nitrogen and oxygen atoms in total. The normalized spacial score (nSPS) is 10.2. The second-order valence-corrected chi connectivity index (χ2v) is 4.54. The van der Waals surface area contributed by atoms with Crippen molar-refractivity contribution in [3.8, 4) is 0 Å². The fraction of sp³-hybridized carbons (Fsp3) is 0.833. The van der Waals surface area contributed by atoms with E-state index in [-0.39, 0.29) is 84.0 Å². The van der Waals surface area contributed by atoms with Crippen LogP contribution in [-0.2, 0) is 46.3 Å². The summed E-state index contributed by atoms with van der Waals surface area (Å²) in [5.74, 6) is 0. The second-order valence-electron chi connectivity index (χ2n) is 3.12. The van der Waals surface area contributed by atoms with Gasteiger partial charge in [-0.05, 0) is 0 Å². The monoisotopic (exact) mass is 397 g/mol. The minimum absolute atomic E-state index is 0. The van der Waals surface area contributed by atoms with E-state index < -0.39 is 7.82 Å². The van der Waals surface area contributed by atoms with Gasteiger partial charge in [0.1, 0.15) is 0 Å². The Bertz CT molecular complexity index is 179. The third-order valence-electron chi connectivity index (χ3n) is 0.761. The van der Waals surface area contributed by atoms with E-state index in [4.69, 9.17) is 0 Å². The third-order valence-corrected chi connectivity index (χ3v) is 1.51. The molecule has 0 aliphatic heterocycles. The molecule has 2 N–H and O–H groups in total. The summed E-state index contributed by atoms with van der Waals surface area (Å²) in [4.78, 5) is 10.6. The molecule has 0 aromatic carbocycles. The van der Waals surface area contributed by atoms with Crippen LogP contribution in [0.1, 0.15) is 44.6 Å². The molecule has 1 radical (unpaired) electrons. The maximum Gasteiger partial charge on any atom is 0.241 e. The summed E-state index contributed by atoms with van der Waals surface area (Å²) < 4.78 is 19.2. The SMILES string of the molecule is C.C.C.C.C.C.[CH2-]N.[CH2-]OP(=O)([O-])OC[N+](C)(C)C.[Y]. The number of phosphoric acid groups is 1. The smallest absolute Gasteiger partial charge is 0.241 e. The molecule has 0 fully saturated rings. The first kappa shape index (κ1) is 58.2. The molecule has 0 heterocycles. The predicted octanol–water partition coefficient (Wildman–Crippen LogP) is 3.49.